The van der Waals surface area contributed by atoms with Crippen molar-refractivity contribution < 1.29 is 5.11 Å². The van der Waals surface area contributed by atoms with Crippen molar-refractivity contribution in [2.45, 2.75) is 18.4 Å². The number of aliphatic hydroxyl groups is 1. The summed E-state index contributed by atoms with van der Waals surface area (Å²) in [6.07, 6.45) is 6.01. The minimum Gasteiger partial charge on any atom is -0.386 e. The summed E-state index contributed by atoms with van der Waals surface area (Å²) in [7, 11) is 0. The maximum absolute atomic E-state index is 10.1. The maximum Gasteiger partial charge on any atom is 0.102 e. The first-order chi connectivity index (χ1) is 6.78. The van der Waals surface area contributed by atoms with Crippen LogP contribution in [-0.2, 0) is 0 Å². The highest BCUT2D eigenvalue weighted by atomic mass is 16.3. The second kappa shape index (κ2) is 2.70. The Morgan fingerprint density at radius 3 is 2.50 bits per heavy atom. The molecule has 1 aliphatic heterocycles. The monoisotopic (exact) mass is 190 g/mol. The predicted octanol–water partition coefficient (Wildman–Crippen LogP) is 1.04. The number of nitrogens with zero attached hydrogens (tertiary/aromatic N) is 2. The van der Waals surface area contributed by atoms with E-state index in [1.54, 1.807) is 12.4 Å². The highest BCUT2D eigenvalue weighted by molar-refractivity contribution is 5.49. The van der Waals surface area contributed by atoms with Gasteiger partial charge in [0, 0.05) is 31.2 Å². The van der Waals surface area contributed by atoms with Gasteiger partial charge in [-0.3, -0.25) is 4.98 Å². The van der Waals surface area contributed by atoms with Gasteiger partial charge in [0.15, 0.2) is 0 Å². The Balaban J connectivity index is 1.69. The first-order valence-electron chi connectivity index (χ1n) is 5.15. The van der Waals surface area contributed by atoms with E-state index < -0.39 is 0 Å². The van der Waals surface area contributed by atoms with Gasteiger partial charge in [0.1, 0.15) is 5.60 Å². The van der Waals surface area contributed by atoms with E-state index in [1.807, 2.05) is 12.1 Å². The van der Waals surface area contributed by atoms with Gasteiger partial charge in [-0.15, -0.1) is 0 Å². The van der Waals surface area contributed by atoms with Gasteiger partial charge in [0.05, 0.1) is 0 Å². The molecule has 1 aromatic rings. The smallest absolute Gasteiger partial charge is 0.102 e. The van der Waals surface area contributed by atoms with Gasteiger partial charge >= 0.3 is 0 Å². The molecule has 1 saturated carbocycles. The fourth-order valence-electron chi connectivity index (χ4n) is 2.23. The van der Waals surface area contributed by atoms with Crippen LogP contribution in [0.5, 0.6) is 0 Å². The summed E-state index contributed by atoms with van der Waals surface area (Å²) < 4.78 is 0. The van der Waals surface area contributed by atoms with E-state index in [1.165, 1.54) is 18.5 Å². The van der Waals surface area contributed by atoms with Gasteiger partial charge in [0.2, 0.25) is 0 Å². The van der Waals surface area contributed by atoms with Crippen LogP contribution in [0.15, 0.2) is 24.5 Å². The molecule has 1 aromatic heterocycles. The Morgan fingerprint density at radius 1 is 1.29 bits per heavy atom. The van der Waals surface area contributed by atoms with Crippen molar-refractivity contribution in [2.75, 3.05) is 18.0 Å². The summed E-state index contributed by atoms with van der Waals surface area (Å²) >= 11 is 0. The second-order valence-corrected chi connectivity index (χ2v) is 4.44. The third-order valence-corrected chi connectivity index (χ3v) is 3.29. The molecule has 0 spiro atoms. The molecule has 74 valence electrons. The molecule has 0 aromatic carbocycles. The van der Waals surface area contributed by atoms with Crippen molar-refractivity contribution in [2.24, 2.45) is 5.92 Å². The number of aromatic nitrogens is 1. The lowest BCUT2D eigenvalue weighted by molar-refractivity contribution is -0.00930. The van der Waals surface area contributed by atoms with Crippen LogP contribution in [0.2, 0.25) is 0 Å². The maximum atomic E-state index is 10.1. The summed E-state index contributed by atoms with van der Waals surface area (Å²) in [6.45, 7) is 1.59. The van der Waals surface area contributed by atoms with Crippen molar-refractivity contribution in [1.82, 2.24) is 4.98 Å². The standard InChI is InChI=1S/C11H14N2O/c14-11(9-1-2-9)7-13(8-11)10-3-5-12-6-4-10/h3-6,9,14H,1-2,7-8H2. The van der Waals surface area contributed by atoms with Gasteiger partial charge in [-0.25, -0.2) is 0 Å². The molecule has 2 fully saturated rings. The van der Waals surface area contributed by atoms with Crippen LogP contribution in [0.4, 0.5) is 5.69 Å². The lowest BCUT2D eigenvalue weighted by Gasteiger charge is -2.48. The van der Waals surface area contributed by atoms with Gasteiger partial charge in [-0.2, -0.15) is 0 Å². The van der Waals surface area contributed by atoms with Crippen LogP contribution in [0, 0.1) is 5.92 Å². The average molecular weight is 190 g/mol. The molecule has 3 nitrogen and oxygen atoms in total. The van der Waals surface area contributed by atoms with Gasteiger partial charge < -0.3 is 10.0 Å². The first kappa shape index (κ1) is 8.24. The average Bonchev–Trinajstić information content (AvgIpc) is 2.98. The lowest BCUT2D eigenvalue weighted by Crippen LogP contribution is -2.63. The van der Waals surface area contributed by atoms with Crippen molar-refractivity contribution in [3.05, 3.63) is 24.5 Å². The van der Waals surface area contributed by atoms with E-state index in [9.17, 15) is 5.11 Å². The SMILES string of the molecule is OC1(C2CC2)CN(c2ccncc2)C1. The van der Waals surface area contributed by atoms with E-state index in [-0.39, 0.29) is 5.60 Å². The quantitative estimate of drug-likeness (QED) is 0.757. The zero-order valence-corrected chi connectivity index (χ0v) is 8.06. The van der Waals surface area contributed by atoms with Gasteiger partial charge in [0.25, 0.3) is 0 Å². The molecule has 1 saturated heterocycles. The number of anilines is 1. The minimum absolute atomic E-state index is 0.386. The molecule has 1 aliphatic carbocycles. The van der Waals surface area contributed by atoms with Crippen molar-refractivity contribution in [3.63, 3.8) is 0 Å². The van der Waals surface area contributed by atoms with Crippen LogP contribution >= 0.6 is 0 Å². The number of hydrogen-bond acceptors (Lipinski definition) is 3. The number of β-amino-alcohol motifs (C(OH)–C–C–N with tert-alkyl or cyclic N) is 1. The van der Waals surface area contributed by atoms with Crippen LogP contribution in [-0.4, -0.2) is 28.8 Å². The molecule has 3 rings (SSSR count). The predicted molar refractivity (Wildman–Crippen MR) is 54.1 cm³/mol. The summed E-state index contributed by atoms with van der Waals surface area (Å²) in [4.78, 5) is 6.19. The Morgan fingerprint density at radius 2 is 1.93 bits per heavy atom. The topological polar surface area (TPSA) is 36.4 Å². The Labute approximate surface area is 83.4 Å². The zero-order valence-electron chi connectivity index (χ0n) is 8.06. The fraction of sp³-hybridized carbons (Fsp3) is 0.545. The number of pyridine rings is 1. The highest BCUT2D eigenvalue weighted by Crippen LogP contribution is 2.45. The molecule has 0 bridgehead atoms. The lowest BCUT2D eigenvalue weighted by atomic mass is 9.88. The molecule has 1 N–H and O–H groups in total. The Hall–Kier alpha value is -1.09. The van der Waals surface area contributed by atoms with E-state index >= 15 is 0 Å². The third kappa shape index (κ3) is 1.20. The van der Waals surface area contributed by atoms with E-state index in [0.29, 0.717) is 5.92 Å². The molecule has 2 aliphatic rings. The summed E-state index contributed by atoms with van der Waals surface area (Å²) in [5.41, 5.74) is 0.786. The normalized spacial score (nSPS) is 24.5. The zero-order chi connectivity index (χ0) is 9.60. The molecule has 0 radical (unpaired) electrons. The molecular weight excluding hydrogens is 176 g/mol. The summed E-state index contributed by atoms with van der Waals surface area (Å²) in [5, 5.41) is 10.1. The first-order valence-corrected chi connectivity index (χ1v) is 5.15. The van der Waals surface area contributed by atoms with Crippen LogP contribution in [0.3, 0.4) is 0 Å². The minimum atomic E-state index is -0.386. The van der Waals surface area contributed by atoms with E-state index in [0.717, 1.165) is 13.1 Å². The van der Waals surface area contributed by atoms with E-state index in [4.69, 9.17) is 0 Å². The van der Waals surface area contributed by atoms with Gasteiger partial charge in [-0.1, -0.05) is 0 Å². The highest BCUT2D eigenvalue weighted by Gasteiger charge is 2.51. The molecular formula is C11H14N2O. The summed E-state index contributed by atoms with van der Waals surface area (Å²) in [5.74, 6) is 0.570. The van der Waals surface area contributed by atoms with Crippen molar-refractivity contribution in [3.8, 4) is 0 Å². The van der Waals surface area contributed by atoms with Crippen molar-refractivity contribution in [1.29, 1.82) is 0 Å². The van der Waals surface area contributed by atoms with E-state index in [2.05, 4.69) is 9.88 Å². The van der Waals surface area contributed by atoms with Crippen LogP contribution in [0.1, 0.15) is 12.8 Å². The number of rotatable bonds is 2. The molecule has 3 heteroatoms. The molecule has 0 atom stereocenters. The fourth-order valence-corrected chi connectivity index (χ4v) is 2.23. The third-order valence-electron chi connectivity index (χ3n) is 3.29. The molecule has 14 heavy (non-hydrogen) atoms. The number of hydrogen-bond donors (Lipinski definition) is 1. The Bertz CT molecular complexity index is 328. The van der Waals surface area contributed by atoms with Crippen molar-refractivity contribution >= 4 is 5.69 Å². The summed E-state index contributed by atoms with van der Waals surface area (Å²) in [6, 6.07) is 3.99. The molecule has 0 amide bonds. The van der Waals surface area contributed by atoms with Crippen LogP contribution < -0.4 is 4.90 Å². The largest absolute Gasteiger partial charge is 0.386 e. The molecule has 2 heterocycles. The Kier molecular flexibility index (Phi) is 1.59. The van der Waals surface area contributed by atoms with Gasteiger partial charge in [-0.05, 0) is 30.9 Å². The molecule has 0 unspecified atom stereocenters. The van der Waals surface area contributed by atoms with Crippen LogP contribution in [0.25, 0.3) is 0 Å². The second-order valence-electron chi connectivity index (χ2n) is 4.44.